The molecule has 11 atom stereocenters. The molecule has 2 N–H and O–H groups in total. The Bertz CT molecular complexity index is 2470. The van der Waals surface area contributed by atoms with Gasteiger partial charge in [-0.25, -0.2) is 4.79 Å². The lowest BCUT2D eigenvalue weighted by Gasteiger charge is -2.48. The lowest BCUT2D eigenvalue weighted by Crippen LogP contribution is -2.66. The van der Waals surface area contributed by atoms with Crippen LogP contribution in [0.15, 0.2) is 48.5 Å². The molecule has 2 saturated heterocycles. The Morgan fingerprint density at radius 3 is 1.58 bits per heavy atom. The highest BCUT2D eigenvalue weighted by Crippen LogP contribution is 2.45. The van der Waals surface area contributed by atoms with Gasteiger partial charge in [0.25, 0.3) is 0 Å². The van der Waals surface area contributed by atoms with Crippen LogP contribution in [-0.4, -0.2) is 164 Å². The van der Waals surface area contributed by atoms with Crippen LogP contribution in [0.3, 0.4) is 0 Å². The Balaban J connectivity index is 1.27. The van der Waals surface area contributed by atoms with E-state index in [1.165, 1.54) is 0 Å². The second-order valence-electron chi connectivity index (χ2n) is 19.7. The van der Waals surface area contributed by atoms with Crippen LogP contribution in [0.4, 0.5) is 4.79 Å². The molecule has 0 saturated carbocycles. The summed E-state index contributed by atoms with van der Waals surface area (Å²) < 4.78 is 68.8. The predicted molar refractivity (Wildman–Crippen MR) is 275 cm³/mol. The van der Waals surface area contributed by atoms with Gasteiger partial charge in [0.15, 0.2) is 36.8 Å². The molecule has 2 heterocycles. The van der Waals surface area contributed by atoms with Crippen molar-refractivity contribution in [3.63, 3.8) is 0 Å². The van der Waals surface area contributed by atoms with E-state index in [9.17, 15) is 47.9 Å². The Morgan fingerprint density at radius 2 is 1.05 bits per heavy atom. The van der Waals surface area contributed by atoms with Crippen molar-refractivity contribution < 1.29 is 105 Å². The first kappa shape index (κ1) is 63.0. The Morgan fingerprint density at radius 1 is 0.557 bits per heavy atom. The SMILES string of the molecule is CC(=O)OC[C@H]1O[C@@H](SCCCCCNC(=O)[C@H](CC(=O)OC(C)(C)C)NC(=O)OCC2c3ccccc3-c3ccccc32)[C@H](OC(C)=O)[C@@H](OC(C)=O)[C@@H]1O[C@H]1O[C@H](COC(C)=O)[C@@H](OC(C)=O)[C@H](OC(C)=O)[C@H]1OC(C)=O. The topological polar surface area (TPSA) is 306 Å². The number of rotatable bonds is 24. The summed E-state index contributed by atoms with van der Waals surface area (Å²) in [4.78, 5) is 127. The molecule has 1 aliphatic carbocycles. The molecule has 0 unspecified atom stereocenters. The molecule has 0 radical (unpaired) electrons. The van der Waals surface area contributed by atoms with Crippen molar-refractivity contribution in [2.45, 2.75) is 173 Å². The fourth-order valence-electron chi connectivity index (χ4n) is 9.09. The smallest absolute Gasteiger partial charge is 0.407 e. The highest BCUT2D eigenvalue weighted by Gasteiger charge is 2.57. The number of thioether (sulfide) groups is 1. The molecule has 0 spiro atoms. The van der Waals surface area contributed by atoms with Gasteiger partial charge in [-0.15, -0.1) is 11.8 Å². The van der Waals surface area contributed by atoms with Gasteiger partial charge in [0.05, 0.1) is 6.42 Å². The number of ether oxygens (including phenoxy) is 12. The molecule has 434 valence electrons. The van der Waals surface area contributed by atoms with E-state index in [1.54, 1.807) is 20.8 Å². The minimum atomic E-state index is -1.83. The molecule has 5 rings (SSSR count). The highest BCUT2D eigenvalue weighted by molar-refractivity contribution is 7.99. The molecule has 2 fully saturated rings. The zero-order chi connectivity index (χ0) is 58.1. The standard InChI is InChI=1S/C54H70N2O22S/c1-28(57)67-26-41-44(70-30(3)59)46(71-31(4)60)48(73-33(6)62)51(75-41)77-45-42(27-68-29(2)58)76-52(49(74-34(7)63)47(45)72-32(5)61)79-23-17-11-16-22-55-50(65)40(24-43(64)78-54(8,9)10)56-53(66)69-25-39-37-20-14-12-18-35(37)36-19-13-15-21-38(36)39/h12-15,18-21,39-42,44-49,51-52H,11,16-17,22-27H2,1-10H3,(H,55,65)(H,56,66)/t40-,41+,42+,44+,45+,46-,47-,48+,49+,51+,52-/m0/s1. The number of hydrogen-bond donors (Lipinski definition) is 2. The van der Waals surface area contributed by atoms with Crippen LogP contribution in [0.25, 0.3) is 11.1 Å². The van der Waals surface area contributed by atoms with Gasteiger partial charge in [-0.3, -0.25) is 43.2 Å². The van der Waals surface area contributed by atoms with Gasteiger partial charge in [-0.1, -0.05) is 55.0 Å². The fourth-order valence-corrected chi connectivity index (χ4v) is 10.3. The maximum atomic E-state index is 13.6. The lowest BCUT2D eigenvalue weighted by atomic mass is 9.96. The molecule has 79 heavy (non-hydrogen) atoms. The van der Waals surface area contributed by atoms with Gasteiger partial charge in [-0.2, -0.15) is 0 Å². The van der Waals surface area contributed by atoms with Gasteiger partial charge in [0, 0.05) is 60.9 Å². The summed E-state index contributed by atoms with van der Waals surface area (Å²) in [5.74, 6) is -7.24. The van der Waals surface area contributed by atoms with E-state index in [4.69, 9.17) is 56.8 Å². The normalized spacial score (nSPS) is 23.7. The molecule has 0 aromatic heterocycles. The van der Waals surface area contributed by atoms with Crippen LogP contribution in [0.1, 0.15) is 112 Å². The number of alkyl carbamates (subject to hydrolysis) is 1. The average Bonchev–Trinajstić information content (AvgIpc) is 4.00. The number of amides is 2. The Labute approximate surface area is 461 Å². The Hall–Kier alpha value is -6.83. The van der Waals surface area contributed by atoms with E-state index < -0.39 is 152 Å². The quantitative estimate of drug-likeness (QED) is 0.0842. The number of carbonyl (C=O) groups excluding carboxylic acids is 10. The summed E-state index contributed by atoms with van der Waals surface area (Å²) in [5.41, 5.74) is 2.07. The van der Waals surface area contributed by atoms with E-state index in [0.29, 0.717) is 25.0 Å². The highest BCUT2D eigenvalue weighted by atomic mass is 32.2. The van der Waals surface area contributed by atoms with E-state index in [2.05, 4.69) is 10.6 Å². The van der Waals surface area contributed by atoms with Crippen molar-refractivity contribution >= 4 is 71.5 Å². The van der Waals surface area contributed by atoms with E-state index in [-0.39, 0.29) is 19.1 Å². The average molecular weight is 1130 g/mol. The third kappa shape index (κ3) is 19.2. The summed E-state index contributed by atoms with van der Waals surface area (Å²) >= 11 is 1.15. The first-order valence-electron chi connectivity index (χ1n) is 25.6. The molecule has 25 heteroatoms. The van der Waals surface area contributed by atoms with Crippen LogP contribution < -0.4 is 10.6 Å². The van der Waals surface area contributed by atoms with Crippen LogP contribution >= 0.6 is 11.8 Å². The van der Waals surface area contributed by atoms with Gasteiger partial charge in [0.1, 0.15) is 55.2 Å². The first-order valence-corrected chi connectivity index (χ1v) is 26.7. The second-order valence-corrected chi connectivity index (χ2v) is 20.9. The minimum Gasteiger partial charge on any atom is -0.463 e. The molecule has 2 aromatic carbocycles. The van der Waals surface area contributed by atoms with Crippen molar-refractivity contribution in [1.82, 2.24) is 10.6 Å². The molecule has 2 aliphatic heterocycles. The fraction of sp³-hybridized carbons (Fsp3) is 0.593. The number of carbonyl (C=O) groups is 10. The van der Waals surface area contributed by atoms with Crippen molar-refractivity contribution in [3.8, 4) is 11.1 Å². The molecule has 2 aromatic rings. The van der Waals surface area contributed by atoms with Crippen molar-refractivity contribution in [2.24, 2.45) is 0 Å². The number of hydrogen-bond acceptors (Lipinski definition) is 23. The molecular formula is C54H70N2O22S. The van der Waals surface area contributed by atoms with E-state index in [1.807, 2.05) is 48.5 Å². The number of unbranched alkanes of at least 4 members (excludes halogenated alkanes) is 2. The molecular weight excluding hydrogens is 1060 g/mol. The van der Waals surface area contributed by atoms with Crippen molar-refractivity contribution in [2.75, 3.05) is 32.1 Å². The molecule has 2 amide bonds. The first-order chi connectivity index (χ1) is 37.3. The zero-order valence-corrected chi connectivity index (χ0v) is 46.6. The second kappa shape index (κ2) is 29.4. The van der Waals surface area contributed by atoms with E-state index in [0.717, 1.165) is 82.5 Å². The summed E-state index contributed by atoms with van der Waals surface area (Å²) in [6.45, 7) is 11.5. The minimum absolute atomic E-state index is 0.0220. The number of fused-ring (bicyclic) bond motifs is 3. The predicted octanol–water partition coefficient (Wildman–Crippen LogP) is 4.26. The lowest BCUT2D eigenvalue weighted by molar-refractivity contribution is -0.341. The summed E-state index contributed by atoms with van der Waals surface area (Å²) in [6, 6.07) is 14.3. The molecule has 0 bridgehead atoms. The summed E-state index contributed by atoms with van der Waals surface area (Å²) in [6.07, 6.45) is -14.1. The summed E-state index contributed by atoms with van der Waals surface area (Å²) in [5, 5.41) is 5.32. The van der Waals surface area contributed by atoms with Crippen molar-refractivity contribution in [1.29, 1.82) is 0 Å². The van der Waals surface area contributed by atoms with Crippen LogP contribution in [0.5, 0.6) is 0 Å². The molecule has 3 aliphatic rings. The van der Waals surface area contributed by atoms with Crippen molar-refractivity contribution in [3.05, 3.63) is 59.7 Å². The van der Waals surface area contributed by atoms with Gasteiger partial charge < -0.3 is 67.5 Å². The number of esters is 8. The third-order valence-electron chi connectivity index (χ3n) is 12.0. The van der Waals surface area contributed by atoms with Crippen LogP contribution in [0.2, 0.25) is 0 Å². The largest absolute Gasteiger partial charge is 0.463 e. The van der Waals surface area contributed by atoms with Crippen LogP contribution in [0, 0.1) is 0 Å². The van der Waals surface area contributed by atoms with Gasteiger partial charge >= 0.3 is 53.8 Å². The Kier molecular flexibility index (Phi) is 23.5. The zero-order valence-electron chi connectivity index (χ0n) is 45.8. The van der Waals surface area contributed by atoms with Gasteiger partial charge in [-0.05, 0) is 61.6 Å². The number of nitrogens with one attached hydrogen (secondary N) is 2. The molecule has 24 nitrogen and oxygen atoms in total. The van der Waals surface area contributed by atoms with E-state index >= 15 is 0 Å². The third-order valence-corrected chi connectivity index (χ3v) is 13.3. The monoisotopic (exact) mass is 1130 g/mol. The maximum absolute atomic E-state index is 13.6. The number of benzene rings is 2. The van der Waals surface area contributed by atoms with Gasteiger partial charge in [0.2, 0.25) is 5.91 Å². The maximum Gasteiger partial charge on any atom is 0.407 e. The van der Waals surface area contributed by atoms with Crippen LogP contribution in [-0.2, 0) is 100.0 Å². The summed E-state index contributed by atoms with van der Waals surface area (Å²) in [7, 11) is 0.